The first kappa shape index (κ1) is 20.3. The Morgan fingerprint density at radius 1 is 1.24 bits per heavy atom. The molecule has 148 valence electrons. The van der Waals surface area contributed by atoms with Crippen LogP contribution >= 0.6 is 11.3 Å². The normalized spacial score (nSPS) is 10.4. The minimum atomic E-state index is -0.240. The minimum Gasteiger partial charge on any atom is -0.491 e. The minimum absolute atomic E-state index is 0.120. The van der Waals surface area contributed by atoms with Gasteiger partial charge in [-0.3, -0.25) is 4.79 Å². The Labute approximate surface area is 173 Å². The zero-order valence-corrected chi connectivity index (χ0v) is 17.0. The third-order valence-corrected chi connectivity index (χ3v) is 4.73. The van der Waals surface area contributed by atoms with Crippen LogP contribution in [0.2, 0.25) is 0 Å². The lowest BCUT2D eigenvalue weighted by molar-refractivity contribution is 0.0951. The third-order valence-electron chi connectivity index (χ3n) is 3.84. The molecule has 0 aliphatic carbocycles. The number of ether oxygens (including phenoxy) is 1. The molecule has 0 aliphatic heterocycles. The molecule has 0 saturated heterocycles. The molecule has 0 atom stereocenters. The number of nitrogens with zero attached hydrogens (tertiary/aromatic N) is 3. The Hall–Kier alpha value is -3.44. The van der Waals surface area contributed by atoms with Crippen LogP contribution in [-0.2, 0) is 0 Å². The van der Waals surface area contributed by atoms with Gasteiger partial charge in [-0.2, -0.15) is 5.26 Å². The Morgan fingerprint density at radius 3 is 2.76 bits per heavy atom. The molecular formula is C21H21N5O2S. The highest BCUT2D eigenvalue weighted by molar-refractivity contribution is 7.13. The van der Waals surface area contributed by atoms with Gasteiger partial charge in [0.15, 0.2) is 0 Å². The van der Waals surface area contributed by atoms with E-state index >= 15 is 0 Å². The molecule has 0 unspecified atom stereocenters. The number of nitriles is 1. The number of carbonyl (C=O) groups is 1. The molecule has 8 heteroatoms. The summed E-state index contributed by atoms with van der Waals surface area (Å²) in [6.45, 7) is 4.79. The molecule has 0 aliphatic rings. The monoisotopic (exact) mass is 407 g/mol. The number of pyridine rings is 1. The van der Waals surface area contributed by atoms with Gasteiger partial charge in [0.25, 0.3) is 5.91 Å². The van der Waals surface area contributed by atoms with E-state index in [0.717, 1.165) is 16.3 Å². The van der Waals surface area contributed by atoms with E-state index in [1.807, 2.05) is 38.1 Å². The van der Waals surface area contributed by atoms with Crippen LogP contribution in [0.4, 0.5) is 5.82 Å². The van der Waals surface area contributed by atoms with Crippen LogP contribution in [0, 0.1) is 11.3 Å². The lowest BCUT2D eigenvalue weighted by atomic mass is 10.2. The van der Waals surface area contributed by atoms with Gasteiger partial charge in [0.2, 0.25) is 0 Å². The molecule has 0 fully saturated rings. The van der Waals surface area contributed by atoms with E-state index in [9.17, 15) is 4.79 Å². The molecule has 0 saturated carbocycles. The van der Waals surface area contributed by atoms with E-state index in [4.69, 9.17) is 10.00 Å². The third kappa shape index (κ3) is 5.53. The van der Waals surface area contributed by atoms with Crippen LogP contribution in [-0.4, -0.2) is 35.1 Å². The maximum atomic E-state index is 12.3. The fourth-order valence-electron chi connectivity index (χ4n) is 2.54. The predicted molar refractivity (Wildman–Crippen MR) is 113 cm³/mol. The Bertz CT molecular complexity index is 1010. The zero-order valence-electron chi connectivity index (χ0n) is 16.2. The smallest absolute Gasteiger partial charge is 0.270 e. The number of rotatable bonds is 8. The standard InChI is InChI=1S/C21H21N5O2S/c1-14(2)28-17-7-5-15(6-8-17)21-26-18(13-29-21)20(27)25-11-10-24-19-16(12-22)4-3-9-23-19/h3-9,13-14H,10-11H2,1-2H3,(H,23,24)(H,25,27). The summed E-state index contributed by atoms with van der Waals surface area (Å²) < 4.78 is 5.64. The predicted octanol–water partition coefficient (Wildman–Crippen LogP) is 3.71. The highest BCUT2D eigenvalue weighted by atomic mass is 32.1. The van der Waals surface area contributed by atoms with Gasteiger partial charge < -0.3 is 15.4 Å². The van der Waals surface area contributed by atoms with Crippen LogP contribution in [0.1, 0.15) is 29.9 Å². The molecule has 0 radical (unpaired) electrons. The van der Waals surface area contributed by atoms with Crippen molar-refractivity contribution in [1.29, 1.82) is 5.26 Å². The van der Waals surface area contributed by atoms with Gasteiger partial charge in [0.05, 0.1) is 11.7 Å². The number of carbonyl (C=O) groups excluding carboxylic acids is 1. The quantitative estimate of drug-likeness (QED) is 0.552. The van der Waals surface area contributed by atoms with Crippen molar-refractivity contribution in [2.24, 2.45) is 0 Å². The van der Waals surface area contributed by atoms with Gasteiger partial charge in [-0.15, -0.1) is 11.3 Å². The molecule has 3 rings (SSSR count). The molecule has 1 aromatic carbocycles. The number of hydrogen-bond donors (Lipinski definition) is 2. The maximum absolute atomic E-state index is 12.3. The van der Waals surface area contributed by atoms with Crippen LogP contribution in [0.3, 0.4) is 0 Å². The van der Waals surface area contributed by atoms with Gasteiger partial charge in [0.1, 0.15) is 28.3 Å². The van der Waals surface area contributed by atoms with E-state index in [0.29, 0.717) is 30.2 Å². The summed E-state index contributed by atoms with van der Waals surface area (Å²) in [5.41, 5.74) is 1.78. The second-order valence-electron chi connectivity index (χ2n) is 6.42. The van der Waals surface area contributed by atoms with Gasteiger partial charge in [-0.1, -0.05) is 0 Å². The summed E-state index contributed by atoms with van der Waals surface area (Å²) in [5.74, 6) is 1.07. The largest absolute Gasteiger partial charge is 0.491 e. The number of thiazole rings is 1. The number of nitrogens with one attached hydrogen (secondary N) is 2. The number of hydrogen-bond acceptors (Lipinski definition) is 7. The average Bonchev–Trinajstić information content (AvgIpc) is 3.22. The van der Waals surface area contributed by atoms with Crippen molar-refractivity contribution in [3.63, 3.8) is 0 Å². The molecular weight excluding hydrogens is 386 g/mol. The van der Waals surface area contributed by atoms with Crippen LogP contribution < -0.4 is 15.4 Å². The summed E-state index contributed by atoms with van der Waals surface area (Å²) in [4.78, 5) is 20.9. The molecule has 29 heavy (non-hydrogen) atoms. The van der Waals surface area contributed by atoms with Crippen molar-refractivity contribution in [3.8, 4) is 22.4 Å². The van der Waals surface area contributed by atoms with E-state index in [1.165, 1.54) is 11.3 Å². The van der Waals surface area contributed by atoms with Crippen molar-refractivity contribution in [2.75, 3.05) is 18.4 Å². The highest BCUT2D eigenvalue weighted by Gasteiger charge is 2.12. The Kier molecular flexibility index (Phi) is 6.76. The Balaban J connectivity index is 1.52. The summed E-state index contributed by atoms with van der Waals surface area (Å²) >= 11 is 1.42. The molecule has 2 heterocycles. The molecule has 1 amide bonds. The van der Waals surface area contributed by atoms with Gasteiger partial charge in [-0.25, -0.2) is 9.97 Å². The first-order chi connectivity index (χ1) is 14.1. The van der Waals surface area contributed by atoms with E-state index < -0.39 is 0 Å². The van der Waals surface area contributed by atoms with Crippen LogP contribution in [0.15, 0.2) is 48.0 Å². The van der Waals surface area contributed by atoms with Crippen LogP contribution in [0.5, 0.6) is 5.75 Å². The summed E-state index contributed by atoms with van der Waals surface area (Å²) in [6, 6.07) is 13.1. The number of aromatic nitrogens is 2. The first-order valence-electron chi connectivity index (χ1n) is 9.16. The SMILES string of the molecule is CC(C)Oc1ccc(-c2nc(C(=O)NCCNc3ncccc3C#N)cs2)cc1. The van der Waals surface area contributed by atoms with E-state index in [2.05, 4.69) is 26.7 Å². The molecule has 3 aromatic rings. The fraction of sp³-hybridized carbons (Fsp3) is 0.238. The van der Waals surface area contributed by atoms with Crippen molar-refractivity contribution in [1.82, 2.24) is 15.3 Å². The first-order valence-corrected chi connectivity index (χ1v) is 10.0. The molecule has 7 nitrogen and oxygen atoms in total. The van der Waals surface area contributed by atoms with Crippen molar-refractivity contribution in [2.45, 2.75) is 20.0 Å². The van der Waals surface area contributed by atoms with Crippen LogP contribution in [0.25, 0.3) is 10.6 Å². The average molecular weight is 407 g/mol. The van der Waals surface area contributed by atoms with Crippen molar-refractivity contribution < 1.29 is 9.53 Å². The zero-order chi connectivity index (χ0) is 20.6. The number of amides is 1. The summed E-state index contributed by atoms with van der Waals surface area (Å²) in [6.07, 6.45) is 1.73. The lowest BCUT2D eigenvalue weighted by Crippen LogP contribution is -2.29. The van der Waals surface area contributed by atoms with E-state index in [-0.39, 0.29) is 12.0 Å². The molecule has 2 aromatic heterocycles. The molecule has 2 N–H and O–H groups in total. The summed E-state index contributed by atoms with van der Waals surface area (Å²) in [7, 11) is 0. The Morgan fingerprint density at radius 2 is 2.03 bits per heavy atom. The van der Waals surface area contributed by atoms with E-state index in [1.54, 1.807) is 23.7 Å². The van der Waals surface area contributed by atoms with Gasteiger partial charge in [0, 0.05) is 30.2 Å². The number of benzene rings is 1. The molecule has 0 bridgehead atoms. The highest BCUT2D eigenvalue weighted by Crippen LogP contribution is 2.26. The second kappa shape index (κ2) is 9.66. The van der Waals surface area contributed by atoms with Gasteiger partial charge >= 0.3 is 0 Å². The second-order valence-corrected chi connectivity index (χ2v) is 7.28. The van der Waals surface area contributed by atoms with Crippen molar-refractivity contribution >= 4 is 23.1 Å². The molecule has 0 spiro atoms. The van der Waals surface area contributed by atoms with Gasteiger partial charge in [-0.05, 0) is 50.2 Å². The number of anilines is 1. The fourth-order valence-corrected chi connectivity index (χ4v) is 3.35. The maximum Gasteiger partial charge on any atom is 0.270 e. The topological polar surface area (TPSA) is 99.9 Å². The van der Waals surface area contributed by atoms with Crippen molar-refractivity contribution in [3.05, 3.63) is 59.2 Å². The lowest BCUT2D eigenvalue weighted by Gasteiger charge is -2.09. The summed E-state index contributed by atoms with van der Waals surface area (Å²) in [5, 5.41) is 17.4.